The molecule has 0 aromatic carbocycles. The molecule has 1 aliphatic rings. The maximum absolute atomic E-state index is 5.80. The maximum Gasteiger partial charge on any atom is 0.238 e. The van der Waals surface area contributed by atoms with Crippen LogP contribution in [0.25, 0.3) is 0 Å². The molecule has 18 heavy (non-hydrogen) atoms. The number of nitrogens with zero attached hydrogens (tertiary/aromatic N) is 3. The summed E-state index contributed by atoms with van der Waals surface area (Å²) in [6.07, 6.45) is 2.43. The van der Waals surface area contributed by atoms with Crippen molar-refractivity contribution < 1.29 is 4.74 Å². The number of ether oxygens (including phenoxy) is 1. The SMILES string of the molecule is COc1nc(N2CCCC2CN(C)C)ccc1N. The van der Waals surface area contributed by atoms with Crippen LogP contribution in [0.3, 0.4) is 0 Å². The molecule has 2 N–H and O–H groups in total. The van der Waals surface area contributed by atoms with Gasteiger partial charge in [0, 0.05) is 19.1 Å². The molecule has 0 radical (unpaired) electrons. The normalized spacial score (nSPS) is 19.6. The third kappa shape index (κ3) is 2.67. The van der Waals surface area contributed by atoms with Crippen molar-refractivity contribution in [2.24, 2.45) is 0 Å². The van der Waals surface area contributed by atoms with Gasteiger partial charge in [-0.3, -0.25) is 0 Å². The van der Waals surface area contributed by atoms with Crippen molar-refractivity contribution in [2.75, 3.05) is 44.9 Å². The van der Waals surface area contributed by atoms with Crippen molar-refractivity contribution in [1.29, 1.82) is 0 Å². The summed E-state index contributed by atoms with van der Waals surface area (Å²) >= 11 is 0. The summed E-state index contributed by atoms with van der Waals surface area (Å²) < 4.78 is 5.19. The Kier molecular flexibility index (Phi) is 3.91. The first-order valence-electron chi connectivity index (χ1n) is 6.33. The zero-order valence-electron chi connectivity index (χ0n) is 11.4. The molecule has 1 fully saturated rings. The van der Waals surface area contributed by atoms with Crippen LogP contribution in [0.1, 0.15) is 12.8 Å². The van der Waals surface area contributed by atoms with Crippen LogP contribution >= 0.6 is 0 Å². The highest BCUT2D eigenvalue weighted by Crippen LogP contribution is 2.28. The van der Waals surface area contributed by atoms with Gasteiger partial charge in [-0.05, 0) is 39.1 Å². The van der Waals surface area contributed by atoms with E-state index in [0.29, 0.717) is 17.6 Å². The second-order valence-electron chi connectivity index (χ2n) is 5.02. The lowest BCUT2D eigenvalue weighted by Gasteiger charge is -2.28. The first kappa shape index (κ1) is 13.0. The van der Waals surface area contributed by atoms with Crippen molar-refractivity contribution in [1.82, 2.24) is 9.88 Å². The Morgan fingerprint density at radius 1 is 1.50 bits per heavy atom. The van der Waals surface area contributed by atoms with Gasteiger partial charge >= 0.3 is 0 Å². The maximum atomic E-state index is 5.80. The summed E-state index contributed by atoms with van der Waals surface area (Å²) in [6.45, 7) is 2.10. The largest absolute Gasteiger partial charge is 0.479 e. The predicted molar refractivity (Wildman–Crippen MR) is 74.1 cm³/mol. The van der Waals surface area contributed by atoms with Crippen LogP contribution in [-0.4, -0.2) is 50.2 Å². The number of nitrogen functional groups attached to an aromatic ring is 1. The third-order valence-corrected chi connectivity index (χ3v) is 3.32. The highest BCUT2D eigenvalue weighted by atomic mass is 16.5. The molecule has 0 spiro atoms. The molecule has 100 valence electrons. The van der Waals surface area contributed by atoms with Gasteiger partial charge in [0.15, 0.2) is 0 Å². The van der Waals surface area contributed by atoms with E-state index >= 15 is 0 Å². The first-order chi connectivity index (χ1) is 8.61. The van der Waals surface area contributed by atoms with Gasteiger partial charge in [-0.25, -0.2) is 0 Å². The number of hydrogen-bond acceptors (Lipinski definition) is 5. The van der Waals surface area contributed by atoms with E-state index in [0.717, 1.165) is 18.9 Å². The Balaban J connectivity index is 2.19. The van der Waals surface area contributed by atoms with Crippen molar-refractivity contribution >= 4 is 11.5 Å². The van der Waals surface area contributed by atoms with E-state index < -0.39 is 0 Å². The fraction of sp³-hybridized carbons (Fsp3) is 0.615. The highest BCUT2D eigenvalue weighted by molar-refractivity contribution is 5.55. The minimum Gasteiger partial charge on any atom is -0.479 e. The van der Waals surface area contributed by atoms with E-state index in [2.05, 4.69) is 28.9 Å². The van der Waals surface area contributed by atoms with Gasteiger partial charge in [-0.1, -0.05) is 0 Å². The van der Waals surface area contributed by atoms with Crippen LogP contribution < -0.4 is 15.4 Å². The van der Waals surface area contributed by atoms with Gasteiger partial charge < -0.3 is 20.3 Å². The van der Waals surface area contributed by atoms with E-state index in [4.69, 9.17) is 10.5 Å². The van der Waals surface area contributed by atoms with Crippen molar-refractivity contribution in [3.8, 4) is 5.88 Å². The molecule has 0 aliphatic carbocycles. The number of nitrogens with two attached hydrogens (primary N) is 1. The molecule has 2 rings (SSSR count). The standard InChI is InChI=1S/C13H22N4O/c1-16(2)9-10-5-4-8-17(10)12-7-6-11(14)13(15-12)18-3/h6-7,10H,4-5,8-9,14H2,1-3H3. The fourth-order valence-electron chi connectivity index (χ4n) is 2.51. The number of pyridine rings is 1. The molecule has 1 atom stereocenters. The lowest BCUT2D eigenvalue weighted by Crippen LogP contribution is -2.38. The third-order valence-electron chi connectivity index (χ3n) is 3.32. The van der Waals surface area contributed by atoms with Crippen LogP contribution in [0.4, 0.5) is 11.5 Å². The smallest absolute Gasteiger partial charge is 0.238 e. The minimum atomic E-state index is 0.517. The Morgan fingerprint density at radius 2 is 2.28 bits per heavy atom. The van der Waals surface area contributed by atoms with E-state index in [1.54, 1.807) is 7.11 Å². The van der Waals surface area contributed by atoms with Crippen molar-refractivity contribution in [2.45, 2.75) is 18.9 Å². The molecule has 1 saturated heterocycles. The van der Waals surface area contributed by atoms with E-state index in [-0.39, 0.29) is 0 Å². The molecule has 1 aromatic heterocycles. The Morgan fingerprint density at radius 3 is 2.94 bits per heavy atom. The number of likely N-dealkylation sites (N-methyl/N-ethyl adjacent to an activating group) is 1. The summed E-state index contributed by atoms with van der Waals surface area (Å²) in [5.74, 6) is 1.48. The molecular formula is C13H22N4O. The fourth-order valence-corrected chi connectivity index (χ4v) is 2.51. The zero-order chi connectivity index (χ0) is 13.1. The van der Waals surface area contributed by atoms with E-state index in [1.807, 2.05) is 12.1 Å². The molecule has 2 heterocycles. The Bertz CT molecular complexity index is 408. The van der Waals surface area contributed by atoms with Gasteiger partial charge in [-0.2, -0.15) is 4.98 Å². The summed E-state index contributed by atoms with van der Waals surface area (Å²) in [6, 6.07) is 4.37. The second kappa shape index (κ2) is 5.44. The molecule has 1 aromatic rings. The predicted octanol–water partition coefficient (Wildman–Crippen LogP) is 1.20. The quantitative estimate of drug-likeness (QED) is 0.870. The van der Waals surface area contributed by atoms with Crippen LogP contribution in [0.5, 0.6) is 5.88 Å². The lowest BCUT2D eigenvalue weighted by atomic mass is 10.2. The highest BCUT2D eigenvalue weighted by Gasteiger charge is 2.26. The summed E-state index contributed by atoms with van der Waals surface area (Å²) in [4.78, 5) is 9.06. The van der Waals surface area contributed by atoms with Crippen molar-refractivity contribution in [3.63, 3.8) is 0 Å². The molecule has 0 bridgehead atoms. The minimum absolute atomic E-state index is 0.517. The van der Waals surface area contributed by atoms with Crippen molar-refractivity contribution in [3.05, 3.63) is 12.1 Å². The van der Waals surface area contributed by atoms with Crippen LogP contribution in [0, 0.1) is 0 Å². The number of aromatic nitrogens is 1. The number of hydrogen-bond donors (Lipinski definition) is 1. The van der Waals surface area contributed by atoms with Gasteiger partial charge in [-0.15, -0.1) is 0 Å². The number of rotatable bonds is 4. The lowest BCUT2D eigenvalue weighted by molar-refractivity contribution is 0.370. The van der Waals surface area contributed by atoms with Gasteiger partial charge in [0.25, 0.3) is 0 Å². The topological polar surface area (TPSA) is 54.6 Å². The number of methoxy groups -OCH3 is 1. The monoisotopic (exact) mass is 250 g/mol. The summed E-state index contributed by atoms with van der Waals surface area (Å²) in [7, 11) is 5.81. The zero-order valence-corrected chi connectivity index (χ0v) is 11.4. The molecule has 0 amide bonds. The van der Waals surface area contributed by atoms with Gasteiger partial charge in [0.05, 0.1) is 12.8 Å². The molecule has 1 aliphatic heterocycles. The van der Waals surface area contributed by atoms with Crippen LogP contribution in [0.2, 0.25) is 0 Å². The molecular weight excluding hydrogens is 228 g/mol. The Labute approximate surface area is 109 Å². The van der Waals surface area contributed by atoms with Crippen LogP contribution in [0.15, 0.2) is 12.1 Å². The summed E-state index contributed by atoms with van der Waals surface area (Å²) in [5.41, 5.74) is 6.39. The molecule has 1 unspecified atom stereocenters. The average molecular weight is 250 g/mol. The van der Waals surface area contributed by atoms with Gasteiger partial charge in [0.2, 0.25) is 5.88 Å². The van der Waals surface area contributed by atoms with E-state index in [9.17, 15) is 0 Å². The van der Waals surface area contributed by atoms with Gasteiger partial charge in [0.1, 0.15) is 5.82 Å². The Hall–Kier alpha value is -1.49. The second-order valence-corrected chi connectivity index (χ2v) is 5.02. The molecule has 0 saturated carbocycles. The summed E-state index contributed by atoms with van der Waals surface area (Å²) in [5, 5.41) is 0. The molecule has 5 heteroatoms. The van der Waals surface area contributed by atoms with E-state index in [1.165, 1.54) is 12.8 Å². The molecule has 5 nitrogen and oxygen atoms in total. The number of anilines is 2. The van der Waals surface area contributed by atoms with Crippen LogP contribution in [-0.2, 0) is 0 Å². The average Bonchev–Trinajstić information content (AvgIpc) is 2.77. The first-order valence-corrected chi connectivity index (χ1v) is 6.33.